The van der Waals surface area contributed by atoms with E-state index in [0.29, 0.717) is 5.56 Å². The van der Waals surface area contributed by atoms with Gasteiger partial charge in [-0.15, -0.1) is 0 Å². The first-order valence-electron chi connectivity index (χ1n) is 7.79. The molecule has 0 fully saturated rings. The Kier molecular flexibility index (Phi) is 4.20. The van der Waals surface area contributed by atoms with Crippen LogP contribution in [0.25, 0.3) is 22.0 Å². The lowest BCUT2D eigenvalue weighted by Crippen LogP contribution is -2.05. The molecule has 116 valence electrons. The van der Waals surface area contributed by atoms with Crippen LogP contribution in [0.5, 0.6) is 0 Å². The minimum Gasteiger partial charge on any atom is -0.298 e. The van der Waals surface area contributed by atoms with Gasteiger partial charge in [0, 0.05) is 16.5 Å². The number of benzene rings is 2. The standard InChI is InChI=1S/C20H18FNO/c1-3-13(2)20-17(12-23)19(14-8-10-15(21)11-9-14)16-6-4-5-7-18(16)22-20/h4-13H,3H2,1-2H3. The normalized spacial score (nSPS) is 12.3. The predicted octanol–water partition coefficient (Wildman–Crippen LogP) is 5.37. The molecule has 1 atom stereocenters. The number of carbonyl (C=O) groups excluding carboxylic acids is 1. The minimum absolute atomic E-state index is 0.180. The van der Waals surface area contributed by atoms with Crippen molar-refractivity contribution in [1.82, 2.24) is 4.98 Å². The first kappa shape index (κ1) is 15.3. The second kappa shape index (κ2) is 6.29. The average Bonchev–Trinajstić information content (AvgIpc) is 2.60. The van der Waals surface area contributed by atoms with Gasteiger partial charge in [0.2, 0.25) is 0 Å². The summed E-state index contributed by atoms with van der Waals surface area (Å²) in [4.78, 5) is 16.6. The second-order valence-corrected chi connectivity index (χ2v) is 5.74. The molecule has 0 aliphatic carbocycles. The molecule has 1 aromatic heterocycles. The number of halogens is 1. The number of hydrogen-bond donors (Lipinski definition) is 0. The number of fused-ring (bicyclic) bond motifs is 1. The van der Waals surface area contributed by atoms with Gasteiger partial charge in [-0.25, -0.2) is 4.39 Å². The van der Waals surface area contributed by atoms with E-state index in [1.165, 1.54) is 12.1 Å². The van der Waals surface area contributed by atoms with E-state index in [1.807, 2.05) is 24.3 Å². The highest BCUT2D eigenvalue weighted by Gasteiger charge is 2.19. The van der Waals surface area contributed by atoms with E-state index in [0.717, 1.165) is 40.4 Å². The van der Waals surface area contributed by atoms with Gasteiger partial charge < -0.3 is 0 Å². The summed E-state index contributed by atoms with van der Waals surface area (Å²) in [5.74, 6) is -0.110. The van der Waals surface area contributed by atoms with Crippen molar-refractivity contribution in [2.75, 3.05) is 0 Å². The van der Waals surface area contributed by atoms with E-state index in [1.54, 1.807) is 12.1 Å². The van der Waals surface area contributed by atoms with Crippen LogP contribution < -0.4 is 0 Å². The molecule has 3 aromatic rings. The number of hydrogen-bond acceptors (Lipinski definition) is 2. The summed E-state index contributed by atoms with van der Waals surface area (Å²) in [6.45, 7) is 4.15. The maximum absolute atomic E-state index is 13.3. The van der Waals surface area contributed by atoms with Crippen molar-refractivity contribution >= 4 is 17.2 Å². The Hall–Kier alpha value is -2.55. The molecule has 3 rings (SSSR count). The summed E-state index contributed by atoms with van der Waals surface area (Å²) in [6, 6.07) is 14.0. The van der Waals surface area contributed by atoms with Gasteiger partial charge in [-0.2, -0.15) is 0 Å². The van der Waals surface area contributed by atoms with Crippen LogP contribution in [0.4, 0.5) is 4.39 Å². The van der Waals surface area contributed by atoms with Crippen LogP contribution in [0.15, 0.2) is 48.5 Å². The molecular formula is C20H18FNO. The Morgan fingerprint density at radius 1 is 1.13 bits per heavy atom. The third-order valence-electron chi connectivity index (χ3n) is 4.29. The largest absolute Gasteiger partial charge is 0.298 e. The molecule has 0 bridgehead atoms. The number of carbonyl (C=O) groups is 1. The lowest BCUT2D eigenvalue weighted by Gasteiger charge is -2.17. The molecule has 0 aliphatic heterocycles. The smallest absolute Gasteiger partial charge is 0.152 e. The maximum Gasteiger partial charge on any atom is 0.152 e. The number of pyridine rings is 1. The first-order valence-corrected chi connectivity index (χ1v) is 7.79. The highest BCUT2D eigenvalue weighted by molar-refractivity contribution is 6.03. The molecule has 1 heterocycles. The van der Waals surface area contributed by atoms with Crippen LogP contribution in [0.3, 0.4) is 0 Å². The zero-order valence-electron chi connectivity index (χ0n) is 13.2. The van der Waals surface area contributed by atoms with Crippen molar-refractivity contribution in [3.8, 4) is 11.1 Å². The van der Waals surface area contributed by atoms with E-state index in [-0.39, 0.29) is 11.7 Å². The number of aldehydes is 1. The highest BCUT2D eigenvalue weighted by Crippen LogP contribution is 2.35. The monoisotopic (exact) mass is 307 g/mol. The second-order valence-electron chi connectivity index (χ2n) is 5.74. The topological polar surface area (TPSA) is 30.0 Å². The first-order chi connectivity index (χ1) is 11.2. The average molecular weight is 307 g/mol. The predicted molar refractivity (Wildman–Crippen MR) is 91.2 cm³/mol. The van der Waals surface area contributed by atoms with Crippen molar-refractivity contribution in [1.29, 1.82) is 0 Å². The van der Waals surface area contributed by atoms with Crippen LogP contribution >= 0.6 is 0 Å². The number of para-hydroxylation sites is 1. The van der Waals surface area contributed by atoms with Gasteiger partial charge in [0.15, 0.2) is 6.29 Å². The molecule has 0 N–H and O–H groups in total. The molecule has 2 aromatic carbocycles. The van der Waals surface area contributed by atoms with Gasteiger partial charge in [0.05, 0.1) is 11.2 Å². The Balaban J connectivity index is 2.41. The SMILES string of the molecule is CCC(C)c1nc2ccccc2c(-c2ccc(F)cc2)c1C=O. The minimum atomic E-state index is -0.290. The Bertz CT molecular complexity index is 855. The van der Waals surface area contributed by atoms with Gasteiger partial charge in [-0.3, -0.25) is 9.78 Å². The molecule has 0 amide bonds. The van der Waals surface area contributed by atoms with Crippen molar-refractivity contribution in [2.24, 2.45) is 0 Å². The Morgan fingerprint density at radius 2 is 1.83 bits per heavy atom. The summed E-state index contributed by atoms with van der Waals surface area (Å²) < 4.78 is 13.3. The molecule has 0 saturated carbocycles. The number of aromatic nitrogens is 1. The van der Waals surface area contributed by atoms with E-state index in [4.69, 9.17) is 4.98 Å². The highest BCUT2D eigenvalue weighted by atomic mass is 19.1. The molecule has 0 saturated heterocycles. The van der Waals surface area contributed by atoms with Gasteiger partial charge in [0.25, 0.3) is 0 Å². The zero-order chi connectivity index (χ0) is 16.4. The molecule has 23 heavy (non-hydrogen) atoms. The molecular weight excluding hydrogens is 289 g/mol. The van der Waals surface area contributed by atoms with Crippen LogP contribution in [-0.2, 0) is 0 Å². The van der Waals surface area contributed by atoms with E-state index >= 15 is 0 Å². The van der Waals surface area contributed by atoms with E-state index in [2.05, 4.69) is 13.8 Å². The van der Waals surface area contributed by atoms with Gasteiger partial charge in [0.1, 0.15) is 5.82 Å². The summed E-state index contributed by atoms with van der Waals surface area (Å²) in [5.41, 5.74) is 3.93. The third kappa shape index (κ3) is 2.74. The summed E-state index contributed by atoms with van der Waals surface area (Å²) in [5, 5.41) is 0.910. The van der Waals surface area contributed by atoms with Crippen molar-refractivity contribution in [3.63, 3.8) is 0 Å². The summed E-state index contributed by atoms with van der Waals surface area (Å²) in [7, 11) is 0. The molecule has 2 nitrogen and oxygen atoms in total. The lowest BCUT2D eigenvalue weighted by molar-refractivity contribution is 0.112. The summed E-state index contributed by atoms with van der Waals surface area (Å²) >= 11 is 0. The van der Waals surface area contributed by atoms with Crippen molar-refractivity contribution < 1.29 is 9.18 Å². The molecule has 3 heteroatoms. The number of nitrogens with zero attached hydrogens (tertiary/aromatic N) is 1. The van der Waals surface area contributed by atoms with E-state index in [9.17, 15) is 9.18 Å². The zero-order valence-corrected chi connectivity index (χ0v) is 13.2. The Morgan fingerprint density at radius 3 is 2.48 bits per heavy atom. The fourth-order valence-corrected chi connectivity index (χ4v) is 2.86. The van der Waals surface area contributed by atoms with Gasteiger partial charge in [-0.05, 0) is 36.1 Å². The maximum atomic E-state index is 13.3. The van der Waals surface area contributed by atoms with Gasteiger partial charge >= 0.3 is 0 Å². The quantitative estimate of drug-likeness (QED) is 0.607. The number of rotatable bonds is 4. The fourth-order valence-electron chi connectivity index (χ4n) is 2.86. The van der Waals surface area contributed by atoms with Crippen LogP contribution in [-0.4, -0.2) is 11.3 Å². The Labute approximate surface area is 135 Å². The van der Waals surface area contributed by atoms with E-state index < -0.39 is 0 Å². The van der Waals surface area contributed by atoms with Crippen LogP contribution in [0.2, 0.25) is 0 Å². The van der Waals surface area contributed by atoms with Crippen molar-refractivity contribution in [3.05, 3.63) is 65.6 Å². The van der Waals surface area contributed by atoms with Crippen LogP contribution in [0.1, 0.15) is 42.2 Å². The molecule has 0 spiro atoms. The summed E-state index contributed by atoms with van der Waals surface area (Å²) in [6.07, 6.45) is 1.77. The molecule has 0 radical (unpaired) electrons. The molecule has 1 unspecified atom stereocenters. The third-order valence-corrected chi connectivity index (χ3v) is 4.29. The lowest BCUT2D eigenvalue weighted by atomic mass is 9.90. The molecule has 0 aliphatic rings. The fraction of sp³-hybridized carbons (Fsp3) is 0.200. The van der Waals surface area contributed by atoms with Crippen molar-refractivity contribution in [2.45, 2.75) is 26.2 Å². The van der Waals surface area contributed by atoms with Gasteiger partial charge in [-0.1, -0.05) is 44.2 Å². The van der Waals surface area contributed by atoms with Crippen LogP contribution in [0, 0.1) is 5.82 Å².